The lowest BCUT2D eigenvalue weighted by atomic mass is 9.97. The van der Waals surface area contributed by atoms with Crippen LogP contribution in [0.3, 0.4) is 0 Å². The van der Waals surface area contributed by atoms with Crippen LogP contribution in [0.15, 0.2) is 42.9 Å². The highest BCUT2D eigenvalue weighted by molar-refractivity contribution is 5.97. The fourth-order valence-electron chi connectivity index (χ4n) is 4.30. The molecule has 4 amide bonds. The first-order valence-corrected chi connectivity index (χ1v) is 12.8. The Kier molecular flexibility index (Phi) is 10.6. The highest BCUT2D eigenvalue weighted by atomic mass is 19.1. The lowest BCUT2D eigenvalue weighted by molar-refractivity contribution is -0.131. The van der Waals surface area contributed by atoms with Crippen LogP contribution < -0.4 is 21.3 Å². The number of aldehydes is 1. The quantitative estimate of drug-likeness (QED) is 0.272. The van der Waals surface area contributed by atoms with E-state index in [1.54, 1.807) is 0 Å². The predicted molar refractivity (Wildman–Crippen MR) is 139 cm³/mol. The summed E-state index contributed by atoms with van der Waals surface area (Å²) in [5, 5.41) is 10.7. The van der Waals surface area contributed by atoms with Crippen molar-refractivity contribution in [2.75, 3.05) is 6.54 Å². The Balaban J connectivity index is 1.75. The lowest BCUT2D eigenvalue weighted by Gasteiger charge is -2.25. The van der Waals surface area contributed by atoms with Crippen LogP contribution in [0, 0.1) is 17.7 Å². The third-order valence-electron chi connectivity index (χ3n) is 6.30. The number of benzene rings is 1. The molecule has 1 saturated heterocycles. The van der Waals surface area contributed by atoms with Crippen molar-refractivity contribution < 1.29 is 28.4 Å². The Labute approximate surface area is 225 Å². The second-order valence-corrected chi connectivity index (χ2v) is 9.90. The van der Waals surface area contributed by atoms with Gasteiger partial charge in [0.25, 0.3) is 5.91 Å². The molecule has 0 saturated carbocycles. The van der Waals surface area contributed by atoms with Crippen LogP contribution >= 0.6 is 0 Å². The summed E-state index contributed by atoms with van der Waals surface area (Å²) in [6.45, 7) is 4.27. The first kappa shape index (κ1) is 29.3. The summed E-state index contributed by atoms with van der Waals surface area (Å²) in [6.07, 6.45) is 5.58. The summed E-state index contributed by atoms with van der Waals surface area (Å²) in [4.78, 5) is 70.7. The molecule has 1 aliphatic heterocycles. The Morgan fingerprint density at radius 1 is 1.08 bits per heavy atom. The number of nitrogens with zero attached hydrogens (tertiary/aromatic N) is 2. The molecule has 0 aliphatic carbocycles. The van der Waals surface area contributed by atoms with E-state index in [9.17, 15) is 28.4 Å². The van der Waals surface area contributed by atoms with E-state index in [4.69, 9.17) is 0 Å². The summed E-state index contributed by atoms with van der Waals surface area (Å²) in [5.74, 6) is -2.85. The van der Waals surface area contributed by atoms with Crippen molar-refractivity contribution in [2.45, 2.75) is 57.7 Å². The molecular formula is C27H33FN6O5. The molecule has 12 heteroatoms. The molecule has 4 atom stereocenters. The first-order chi connectivity index (χ1) is 18.7. The van der Waals surface area contributed by atoms with Crippen molar-refractivity contribution in [3.63, 3.8) is 0 Å². The van der Waals surface area contributed by atoms with Crippen molar-refractivity contribution in [3.05, 3.63) is 59.9 Å². The third-order valence-corrected chi connectivity index (χ3v) is 6.30. The van der Waals surface area contributed by atoms with Gasteiger partial charge in [0.2, 0.25) is 17.7 Å². The Morgan fingerprint density at radius 2 is 1.79 bits per heavy atom. The summed E-state index contributed by atoms with van der Waals surface area (Å²) in [7, 11) is 0. The average molecular weight is 541 g/mol. The molecule has 1 aromatic carbocycles. The van der Waals surface area contributed by atoms with Crippen LogP contribution in [0.2, 0.25) is 0 Å². The standard InChI is InChI=1S/C27H33FN6O5/c1-16(2)11-21(25(37)32-20(15-35)13-18-7-8-31-24(18)36)33-26(38)22(12-17-3-5-19(28)6-4-17)34-27(39)23-14-29-9-10-30-23/h3-6,9-10,14-16,18,20-22H,7-8,11-13H2,1-2H3,(H,31,36)(H,32,37)(H,33,38)(H,34,39)/t18-,20-,21-,22-/m0/s1. The van der Waals surface area contributed by atoms with Crippen molar-refractivity contribution in [3.8, 4) is 0 Å². The zero-order chi connectivity index (χ0) is 28.4. The van der Waals surface area contributed by atoms with Crippen LogP contribution in [0.25, 0.3) is 0 Å². The fourth-order valence-corrected chi connectivity index (χ4v) is 4.30. The number of aromatic nitrogens is 2. The van der Waals surface area contributed by atoms with E-state index in [2.05, 4.69) is 31.2 Å². The molecule has 0 spiro atoms. The molecule has 1 fully saturated rings. The van der Waals surface area contributed by atoms with E-state index >= 15 is 0 Å². The molecule has 0 bridgehead atoms. The van der Waals surface area contributed by atoms with E-state index < -0.39 is 41.7 Å². The number of rotatable bonds is 13. The minimum Gasteiger partial charge on any atom is -0.356 e. The zero-order valence-corrected chi connectivity index (χ0v) is 21.9. The number of hydrogen-bond donors (Lipinski definition) is 4. The van der Waals surface area contributed by atoms with Gasteiger partial charge in [-0.1, -0.05) is 26.0 Å². The van der Waals surface area contributed by atoms with E-state index in [-0.39, 0.29) is 42.7 Å². The molecule has 208 valence electrons. The van der Waals surface area contributed by atoms with Gasteiger partial charge in [0.05, 0.1) is 12.2 Å². The molecule has 39 heavy (non-hydrogen) atoms. The van der Waals surface area contributed by atoms with Gasteiger partial charge in [-0.3, -0.25) is 24.2 Å². The van der Waals surface area contributed by atoms with Crippen molar-refractivity contribution in [1.29, 1.82) is 0 Å². The minimum atomic E-state index is -1.13. The molecule has 2 aromatic rings. The topological polar surface area (TPSA) is 159 Å². The third kappa shape index (κ3) is 8.94. The van der Waals surface area contributed by atoms with Crippen molar-refractivity contribution >= 4 is 29.9 Å². The maximum Gasteiger partial charge on any atom is 0.272 e. The van der Waals surface area contributed by atoms with Crippen molar-refractivity contribution in [2.24, 2.45) is 11.8 Å². The summed E-state index contributed by atoms with van der Waals surface area (Å²) in [6, 6.07) is 2.44. The highest BCUT2D eigenvalue weighted by Gasteiger charge is 2.31. The lowest BCUT2D eigenvalue weighted by Crippen LogP contribution is -2.56. The Bertz CT molecular complexity index is 1160. The van der Waals surface area contributed by atoms with Crippen LogP contribution in [0.1, 0.15) is 49.2 Å². The Hall–Kier alpha value is -4.22. The molecular weight excluding hydrogens is 507 g/mol. The van der Waals surface area contributed by atoms with Gasteiger partial charge >= 0.3 is 0 Å². The van der Waals surface area contributed by atoms with Crippen LogP contribution in [-0.4, -0.2) is 64.6 Å². The second-order valence-electron chi connectivity index (χ2n) is 9.90. The number of carbonyl (C=O) groups is 5. The van der Waals surface area contributed by atoms with Gasteiger partial charge in [-0.15, -0.1) is 0 Å². The van der Waals surface area contributed by atoms with Gasteiger partial charge < -0.3 is 26.1 Å². The number of hydrogen-bond acceptors (Lipinski definition) is 7. The van der Waals surface area contributed by atoms with E-state index in [1.807, 2.05) is 13.8 Å². The number of carbonyl (C=O) groups excluding carboxylic acids is 5. The largest absolute Gasteiger partial charge is 0.356 e. The van der Waals surface area contributed by atoms with Crippen LogP contribution in [0.4, 0.5) is 4.39 Å². The smallest absolute Gasteiger partial charge is 0.272 e. The first-order valence-electron chi connectivity index (χ1n) is 12.8. The Morgan fingerprint density at radius 3 is 2.38 bits per heavy atom. The highest BCUT2D eigenvalue weighted by Crippen LogP contribution is 2.16. The van der Waals surface area contributed by atoms with Crippen LogP contribution in [-0.2, 0) is 25.6 Å². The normalized spacial score (nSPS) is 17.0. The molecule has 3 rings (SSSR count). The molecule has 1 aromatic heterocycles. The van der Waals surface area contributed by atoms with Gasteiger partial charge in [-0.05, 0) is 42.9 Å². The van der Waals surface area contributed by atoms with Gasteiger partial charge in [0, 0.05) is 31.3 Å². The summed E-state index contributed by atoms with van der Waals surface area (Å²) >= 11 is 0. The van der Waals surface area contributed by atoms with Gasteiger partial charge in [-0.25, -0.2) is 9.37 Å². The minimum absolute atomic E-state index is 0.000994. The van der Waals surface area contributed by atoms with Gasteiger partial charge in [0.1, 0.15) is 29.9 Å². The fraction of sp³-hybridized carbons (Fsp3) is 0.444. The molecule has 0 unspecified atom stereocenters. The number of amides is 4. The van der Waals surface area contributed by atoms with Crippen molar-refractivity contribution in [1.82, 2.24) is 31.2 Å². The zero-order valence-electron chi connectivity index (χ0n) is 21.9. The number of halogens is 1. The molecule has 11 nitrogen and oxygen atoms in total. The van der Waals surface area contributed by atoms with E-state index in [1.165, 1.54) is 42.9 Å². The second kappa shape index (κ2) is 14.1. The number of nitrogens with one attached hydrogen (secondary N) is 4. The average Bonchev–Trinajstić information content (AvgIpc) is 3.32. The molecule has 0 radical (unpaired) electrons. The maximum atomic E-state index is 13.4. The van der Waals surface area contributed by atoms with E-state index in [0.29, 0.717) is 24.8 Å². The predicted octanol–water partition coefficient (Wildman–Crippen LogP) is 0.698. The SMILES string of the molecule is CC(C)C[C@H](NC(=O)[C@H](Cc1ccc(F)cc1)NC(=O)c1cnccn1)C(=O)N[C@H](C=O)C[C@@H]1CCNC1=O. The monoisotopic (exact) mass is 540 g/mol. The summed E-state index contributed by atoms with van der Waals surface area (Å²) in [5.41, 5.74) is 0.576. The molecule has 2 heterocycles. The molecule has 1 aliphatic rings. The van der Waals surface area contributed by atoms with E-state index in [0.717, 1.165) is 0 Å². The molecule has 4 N–H and O–H groups in total. The van der Waals surface area contributed by atoms with Gasteiger partial charge in [-0.2, -0.15) is 0 Å². The summed E-state index contributed by atoms with van der Waals surface area (Å²) < 4.78 is 13.4. The maximum absolute atomic E-state index is 13.4. The van der Waals surface area contributed by atoms with Crippen LogP contribution in [0.5, 0.6) is 0 Å². The van der Waals surface area contributed by atoms with Gasteiger partial charge in [0.15, 0.2) is 0 Å².